The SMILES string of the molecule is CCCCC(C#N)(CCCCCn1ccnc1)c1ccc(Cl)cc1Cl. The zero-order valence-electron chi connectivity index (χ0n) is 14.7. The minimum Gasteiger partial charge on any atom is -0.337 e. The Labute approximate surface area is 160 Å². The molecule has 0 spiro atoms. The van der Waals surface area contributed by atoms with Gasteiger partial charge < -0.3 is 4.57 Å². The molecule has 0 saturated carbocycles. The van der Waals surface area contributed by atoms with Crippen LogP contribution in [0.15, 0.2) is 36.9 Å². The van der Waals surface area contributed by atoms with Crippen LogP contribution < -0.4 is 0 Å². The maximum Gasteiger partial charge on any atom is 0.0945 e. The number of nitriles is 1. The molecular weight excluding hydrogens is 353 g/mol. The summed E-state index contributed by atoms with van der Waals surface area (Å²) >= 11 is 12.5. The van der Waals surface area contributed by atoms with E-state index in [1.165, 1.54) is 0 Å². The smallest absolute Gasteiger partial charge is 0.0945 e. The first kappa shape index (κ1) is 19.8. The fourth-order valence-corrected chi connectivity index (χ4v) is 3.83. The summed E-state index contributed by atoms with van der Waals surface area (Å²) in [5, 5.41) is 11.2. The van der Waals surface area contributed by atoms with Crippen molar-refractivity contribution < 1.29 is 0 Å². The first-order valence-corrected chi connectivity index (χ1v) is 9.69. The fraction of sp³-hybridized carbons (Fsp3) is 0.500. The predicted molar refractivity (Wildman–Crippen MR) is 104 cm³/mol. The van der Waals surface area contributed by atoms with Crippen molar-refractivity contribution in [2.45, 2.75) is 63.8 Å². The summed E-state index contributed by atoms with van der Waals surface area (Å²) in [5.41, 5.74) is 0.399. The topological polar surface area (TPSA) is 41.6 Å². The van der Waals surface area contributed by atoms with E-state index in [1.54, 1.807) is 12.3 Å². The van der Waals surface area contributed by atoms with Crippen LogP contribution in [0.3, 0.4) is 0 Å². The summed E-state index contributed by atoms with van der Waals surface area (Å²) < 4.78 is 2.09. The molecule has 0 aliphatic carbocycles. The van der Waals surface area contributed by atoms with Gasteiger partial charge in [0.05, 0.1) is 17.8 Å². The Morgan fingerprint density at radius 2 is 1.96 bits per heavy atom. The highest BCUT2D eigenvalue weighted by Gasteiger charge is 2.33. The van der Waals surface area contributed by atoms with E-state index in [0.29, 0.717) is 10.0 Å². The Kier molecular flexibility index (Phi) is 7.81. The van der Waals surface area contributed by atoms with Crippen molar-refractivity contribution in [2.24, 2.45) is 0 Å². The summed E-state index contributed by atoms with van der Waals surface area (Å²) in [6.07, 6.45) is 12.5. The molecule has 1 aromatic carbocycles. The Bertz CT molecular complexity index is 691. The standard InChI is InChI=1S/C20H25Cl2N3/c1-2-3-9-20(15-23,18-8-7-17(21)14-19(18)22)10-5-4-6-12-25-13-11-24-16-25/h7-8,11,13-14,16H,2-6,9-10,12H2,1H3. The highest BCUT2D eigenvalue weighted by atomic mass is 35.5. The first-order chi connectivity index (χ1) is 12.1. The van der Waals surface area contributed by atoms with Gasteiger partial charge in [-0.1, -0.05) is 61.9 Å². The summed E-state index contributed by atoms with van der Waals surface area (Å²) in [5.74, 6) is 0. The van der Waals surface area contributed by atoms with Crippen LogP contribution in [-0.2, 0) is 12.0 Å². The average molecular weight is 378 g/mol. The number of benzene rings is 1. The second kappa shape index (κ2) is 9.85. The molecule has 1 atom stereocenters. The highest BCUT2D eigenvalue weighted by Crippen LogP contribution is 2.39. The van der Waals surface area contributed by atoms with E-state index in [1.807, 2.05) is 24.7 Å². The molecule has 5 heteroatoms. The molecule has 1 aromatic heterocycles. The zero-order valence-corrected chi connectivity index (χ0v) is 16.2. The van der Waals surface area contributed by atoms with Gasteiger partial charge in [-0.15, -0.1) is 0 Å². The van der Waals surface area contributed by atoms with Crippen LogP contribution in [-0.4, -0.2) is 9.55 Å². The molecule has 1 heterocycles. The lowest BCUT2D eigenvalue weighted by Crippen LogP contribution is -2.25. The Morgan fingerprint density at radius 1 is 1.16 bits per heavy atom. The third-order valence-electron chi connectivity index (χ3n) is 4.70. The number of imidazole rings is 1. The van der Waals surface area contributed by atoms with Gasteiger partial charge in [0.15, 0.2) is 0 Å². The minimum absolute atomic E-state index is 0.521. The van der Waals surface area contributed by atoms with Crippen molar-refractivity contribution in [2.75, 3.05) is 0 Å². The molecule has 2 rings (SSSR count). The van der Waals surface area contributed by atoms with Crippen molar-refractivity contribution in [3.05, 3.63) is 52.5 Å². The Hall–Kier alpha value is -1.50. The van der Waals surface area contributed by atoms with Crippen molar-refractivity contribution in [1.29, 1.82) is 5.26 Å². The van der Waals surface area contributed by atoms with Crippen molar-refractivity contribution in [3.63, 3.8) is 0 Å². The van der Waals surface area contributed by atoms with Gasteiger partial charge in [-0.2, -0.15) is 5.26 Å². The Balaban J connectivity index is 2.02. The van der Waals surface area contributed by atoms with Crippen molar-refractivity contribution in [1.82, 2.24) is 9.55 Å². The molecule has 0 aliphatic heterocycles. The monoisotopic (exact) mass is 377 g/mol. The third-order valence-corrected chi connectivity index (χ3v) is 5.24. The number of hydrogen-bond donors (Lipinski definition) is 0. The van der Waals surface area contributed by atoms with Crippen LogP contribution in [0.25, 0.3) is 0 Å². The molecule has 0 aliphatic rings. The molecule has 0 saturated heterocycles. The van der Waals surface area contributed by atoms with Gasteiger partial charge in [-0.3, -0.25) is 0 Å². The van der Waals surface area contributed by atoms with Crippen LogP contribution in [0, 0.1) is 11.3 Å². The number of aryl methyl sites for hydroxylation is 1. The van der Waals surface area contributed by atoms with Gasteiger partial charge >= 0.3 is 0 Å². The van der Waals surface area contributed by atoms with Gasteiger partial charge in [0, 0.05) is 29.0 Å². The van der Waals surface area contributed by atoms with E-state index >= 15 is 0 Å². The molecule has 0 amide bonds. The maximum atomic E-state index is 10.0. The molecule has 0 bridgehead atoms. The quantitative estimate of drug-likeness (QED) is 0.449. The number of hydrogen-bond acceptors (Lipinski definition) is 2. The summed E-state index contributed by atoms with van der Waals surface area (Å²) in [6.45, 7) is 3.12. The van der Waals surface area contributed by atoms with Gasteiger partial charge in [-0.25, -0.2) is 4.98 Å². The fourth-order valence-electron chi connectivity index (χ4n) is 3.24. The second-order valence-corrected chi connectivity index (χ2v) is 7.38. The predicted octanol–water partition coefficient (Wildman–Crippen LogP) is 6.40. The lowest BCUT2D eigenvalue weighted by Gasteiger charge is -2.28. The highest BCUT2D eigenvalue weighted by molar-refractivity contribution is 6.35. The second-order valence-electron chi connectivity index (χ2n) is 6.53. The molecule has 134 valence electrons. The molecule has 25 heavy (non-hydrogen) atoms. The third kappa shape index (κ3) is 5.49. The molecule has 0 fully saturated rings. The van der Waals surface area contributed by atoms with Gasteiger partial charge in [0.25, 0.3) is 0 Å². The van der Waals surface area contributed by atoms with Crippen molar-refractivity contribution >= 4 is 23.2 Å². The van der Waals surface area contributed by atoms with Crippen LogP contribution in [0.5, 0.6) is 0 Å². The number of rotatable bonds is 10. The van der Waals surface area contributed by atoms with Gasteiger partial charge in [-0.05, 0) is 37.0 Å². The summed E-state index contributed by atoms with van der Waals surface area (Å²) in [6, 6.07) is 8.09. The lowest BCUT2D eigenvalue weighted by atomic mass is 9.74. The molecule has 3 nitrogen and oxygen atoms in total. The van der Waals surface area contributed by atoms with E-state index in [2.05, 4.69) is 22.5 Å². The zero-order chi connectivity index (χ0) is 18.1. The minimum atomic E-state index is -0.521. The molecular formula is C20H25Cl2N3. The van der Waals surface area contributed by atoms with Crippen LogP contribution >= 0.6 is 23.2 Å². The van der Waals surface area contributed by atoms with E-state index in [9.17, 15) is 5.26 Å². The number of unbranched alkanes of at least 4 members (excludes halogenated alkanes) is 3. The summed E-state index contributed by atoms with van der Waals surface area (Å²) in [7, 11) is 0. The average Bonchev–Trinajstić information content (AvgIpc) is 3.11. The largest absolute Gasteiger partial charge is 0.337 e. The molecule has 1 unspecified atom stereocenters. The van der Waals surface area contributed by atoms with E-state index < -0.39 is 5.41 Å². The van der Waals surface area contributed by atoms with E-state index in [0.717, 1.165) is 57.1 Å². The normalized spacial score (nSPS) is 13.4. The maximum absolute atomic E-state index is 10.0. The van der Waals surface area contributed by atoms with Gasteiger partial charge in [0.2, 0.25) is 0 Å². The number of halogens is 2. The van der Waals surface area contributed by atoms with Crippen LogP contribution in [0.4, 0.5) is 0 Å². The van der Waals surface area contributed by atoms with Gasteiger partial charge in [0.1, 0.15) is 0 Å². The van der Waals surface area contributed by atoms with Crippen LogP contribution in [0.1, 0.15) is 57.4 Å². The van der Waals surface area contributed by atoms with E-state index in [4.69, 9.17) is 23.2 Å². The number of aromatic nitrogens is 2. The summed E-state index contributed by atoms with van der Waals surface area (Å²) in [4.78, 5) is 4.06. The molecule has 0 radical (unpaired) electrons. The van der Waals surface area contributed by atoms with Crippen molar-refractivity contribution in [3.8, 4) is 6.07 Å². The molecule has 2 aromatic rings. The lowest BCUT2D eigenvalue weighted by molar-refractivity contribution is 0.418. The first-order valence-electron chi connectivity index (χ1n) is 8.94. The Morgan fingerprint density at radius 3 is 2.60 bits per heavy atom. The number of nitrogens with zero attached hydrogens (tertiary/aromatic N) is 3. The molecule has 0 N–H and O–H groups in total. The van der Waals surface area contributed by atoms with E-state index in [-0.39, 0.29) is 0 Å². The van der Waals surface area contributed by atoms with Crippen LogP contribution in [0.2, 0.25) is 10.0 Å².